The van der Waals surface area contributed by atoms with E-state index in [1.165, 1.54) is 33.4 Å². The fourth-order valence-corrected chi connectivity index (χ4v) is 7.43. The number of benzene rings is 3. The number of nitrogens with one attached hydrogen (secondary N) is 2. The van der Waals surface area contributed by atoms with Crippen LogP contribution in [-0.4, -0.2) is 16.8 Å². The van der Waals surface area contributed by atoms with Crippen molar-refractivity contribution in [3.8, 4) is 0 Å². The first-order valence-corrected chi connectivity index (χ1v) is 15.1. The van der Waals surface area contributed by atoms with Gasteiger partial charge in [-0.1, -0.05) is 95.8 Å². The highest BCUT2D eigenvalue weighted by atomic mass is 16.2. The Morgan fingerprint density at radius 3 is 1.74 bits per heavy atom. The molecule has 0 fully saturated rings. The average Bonchev–Trinajstić information content (AvgIpc) is 3.70. The Hall–Kier alpha value is -4.25. The first kappa shape index (κ1) is 28.9. The molecule has 2 spiro atoms. The number of anilines is 2. The summed E-state index contributed by atoms with van der Waals surface area (Å²) in [4.78, 5) is 29.5. The fourth-order valence-electron chi connectivity index (χ4n) is 7.43. The van der Waals surface area contributed by atoms with Gasteiger partial charge in [-0.2, -0.15) is 0 Å². The van der Waals surface area contributed by atoms with Crippen LogP contribution in [0.3, 0.4) is 0 Å². The normalized spacial score (nSPS) is 22.0. The van der Waals surface area contributed by atoms with Crippen LogP contribution in [0.25, 0.3) is 0 Å². The number of para-hydroxylation sites is 1. The molecule has 1 aromatic heterocycles. The SMILES string of the molecule is C.CC(C)c1ccc2c(c1)CC1(C2)C(=O)Nc2ncccc21.CC(C)c1ccc2c(c1)C[C@@]1(C2)C(=O)Nc2ccccc21. The second-order valence-corrected chi connectivity index (χ2v) is 13.1. The molecular weight excluding hydrogens is 530 g/mol. The highest BCUT2D eigenvalue weighted by Gasteiger charge is 2.51. The fraction of sp³-hybridized carbons (Fsp3) is 0.342. The van der Waals surface area contributed by atoms with Gasteiger partial charge in [0, 0.05) is 17.4 Å². The second kappa shape index (κ2) is 10.5. The van der Waals surface area contributed by atoms with Crippen LogP contribution in [0.4, 0.5) is 11.5 Å². The predicted octanol–water partition coefficient (Wildman–Crippen LogP) is 7.63. The van der Waals surface area contributed by atoms with Gasteiger partial charge < -0.3 is 10.6 Å². The molecule has 5 nitrogen and oxygen atoms in total. The maximum atomic E-state index is 12.6. The van der Waals surface area contributed by atoms with E-state index in [1.807, 2.05) is 30.3 Å². The standard InChI is InChI=1S/C19H19NO.C18H18N2O.CH4/c1-12(2)13-7-8-14-10-19(11-15(14)9-13)16-5-3-4-6-17(16)20-18(19)21;1-11(2)12-5-6-13-9-18(10-14(13)8-12)15-4-3-7-19-16(15)20-17(18)21;/h3-9,12H,10-11H2,1-2H3,(H,20,21);3-8,11H,9-10H2,1-2H3,(H,19,20,21);1H4/t19-;;/m1../s1. The van der Waals surface area contributed by atoms with Crippen molar-refractivity contribution in [3.63, 3.8) is 0 Å². The third kappa shape index (κ3) is 4.48. The van der Waals surface area contributed by atoms with E-state index in [1.54, 1.807) is 6.20 Å². The number of carbonyl (C=O) groups excluding carboxylic acids is 2. The summed E-state index contributed by atoms with van der Waals surface area (Å²) in [5, 5.41) is 6.02. The van der Waals surface area contributed by atoms with E-state index in [2.05, 4.69) is 85.8 Å². The predicted molar refractivity (Wildman–Crippen MR) is 174 cm³/mol. The Morgan fingerprint density at radius 1 is 0.628 bits per heavy atom. The number of nitrogens with zero attached hydrogens (tertiary/aromatic N) is 1. The van der Waals surface area contributed by atoms with Crippen LogP contribution in [0.15, 0.2) is 79.0 Å². The summed E-state index contributed by atoms with van der Waals surface area (Å²) in [5.41, 5.74) is 10.4. The van der Waals surface area contributed by atoms with Crippen LogP contribution in [0.5, 0.6) is 0 Å². The van der Waals surface area contributed by atoms with Gasteiger partial charge in [0.25, 0.3) is 0 Å². The number of pyridine rings is 1. The van der Waals surface area contributed by atoms with Crippen molar-refractivity contribution in [2.45, 2.75) is 83.5 Å². The number of aromatic nitrogens is 1. The van der Waals surface area contributed by atoms with E-state index in [-0.39, 0.29) is 24.7 Å². The average molecular weight is 572 g/mol. The van der Waals surface area contributed by atoms with E-state index in [0.29, 0.717) is 11.8 Å². The number of rotatable bonds is 2. The molecule has 43 heavy (non-hydrogen) atoms. The van der Waals surface area contributed by atoms with Crippen LogP contribution in [0.2, 0.25) is 0 Å². The van der Waals surface area contributed by atoms with E-state index < -0.39 is 5.41 Å². The molecule has 0 bridgehead atoms. The quantitative estimate of drug-likeness (QED) is 0.260. The number of amides is 2. The molecule has 2 atom stereocenters. The Labute approximate surface area is 255 Å². The molecular formula is C38H41N3O2. The van der Waals surface area contributed by atoms with Crippen molar-refractivity contribution in [2.75, 3.05) is 10.6 Å². The van der Waals surface area contributed by atoms with Crippen LogP contribution in [0, 0.1) is 0 Å². The van der Waals surface area contributed by atoms with Crippen molar-refractivity contribution in [2.24, 2.45) is 0 Å². The van der Waals surface area contributed by atoms with Crippen LogP contribution in [0.1, 0.15) is 91.5 Å². The lowest BCUT2D eigenvalue weighted by Gasteiger charge is -2.20. The van der Waals surface area contributed by atoms with Crippen molar-refractivity contribution in [3.05, 3.63) is 124 Å². The number of carbonyl (C=O) groups is 2. The summed E-state index contributed by atoms with van der Waals surface area (Å²) in [5.74, 6) is 2.03. The first-order valence-electron chi connectivity index (χ1n) is 15.1. The zero-order valence-corrected chi connectivity index (χ0v) is 24.8. The summed E-state index contributed by atoms with van der Waals surface area (Å²) >= 11 is 0. The van der Waals surface area contributed by atoms with Crippen LogP contribution >= 0.6 is 0 Å². The van der Waals surface area contributed by atoms with E-state index in [9.17, 15) is 9.59 Å². The summed E-state index contributed by atoms with van der Waals surface area (Å²) < 4.78 is 0. The molecule has 4 aliphatic rings. The molecule has 0 radical (unpaired) electrons. The molecule has 8 rings (SSSR count). The molecule has 1 unspecified atom stereocenters. The van der Waals surface area contributed by atoms with Gasteiger partial charge in [-0.15, -0.1) is 0 Å². The van der Waals surface area contributed by atoms with Gasteiger partial charge >= 0.3 is 0 Å². The second-order valence-electron chi connectivity index (χ2n) is 13.1. The van der Waals surface area contributed by atoms with E-state index in [4.69, 9.17) is 0 Å². The van der Waals surface area contributed by atoms with Crippen molar-refractivity contribution in [1.29, 1.82) is 0 Å². The lowest BCUT2D eigenvalue weighted by molar-refractivity contribution is -0.121. The molecule has 3 heterocycles. The molecule has 4 aromatic rings. The first-order chi connectivity index (χ1) is 20.2. The number of fused-ring (bicyclic) bond motifs is 6. The number of hydrogen-bond acceptors (Lipinski definition) is 3. The minimum atomic E-state index is -0.443. The molecule has 2 aliphatic heterocycles. The van der Waals surface area contributed by atoms with Crippen molar-refractivity contribution in [1.82, 2.24) is 4.98 Å². The lowest BCUT2D eigenvalue weighted by atomic mass is 9.79. The van der Waals surface area contributed by atoms with Gasteiger partial charge in [0.1, 0.15) is 5.82 Å². The molecule has 5 heteroatoms. The van der Waals surface area contributed by atoms with Gasteiger partial charge in [-0.3, -0.25) is 9.59 Å². The topological polar surface area (TPSA) is 71.1 Å². The molecule has 0 saturated carbocycles. The number of hydrogen-bond donors (Lipinski definition) is 2. The molecule has 3 aromatic carbocycles. The van der Waals surface area contributed by atoms with Crippen molar-refractivity contribution >= 4 is 23.3 Å². The highest BCUT2D eigenvalue weighted by molar-refractivity contribution is 6.07. The van der Waals surface area contributed by atoms with E-state index in [0.717, 1.165) is 48.3 Å². The van der Waals surface area contributed by atoms with Gasteiger partial charge in [0.05, 0.1) is 10.8 Å². The minimum absolute atomic E-state index is 0. The molecule has 2 N–H and O–H groups in total. The third-order valence-corrected chi connectivity index (χ3v) is 9.88. The smallest absolute Gasteiger partial charge is 0.237 e. The van der Waals surface area contributed by atoms with Gasteiger partial charge in [-0.05, 0) is 88.6 Å². The Bertz CT molecular complexity index is 1630. The van der Waals surface area contributed by atoms with E-state index >= 15 is 0 Å². The van der Waals surface area contributed by atoms with Gasteiger partial charge in [0.2, 0.25) is 11.8 Å². The Kier molecular flexibility index (Phi) is 7.03. The summed E-state index contributed by atoms with van der Waals surface area (Å²) in [6.07, 6.45) is 4.95. The molecule has 2 aliphatic carbocycles. The maximum absolute atomic E-state index is 12.6. The molecule has 220 valence electrons. The zero-order valence-electron chi connectivity index (χ0n) is 24.8. The third-order valence-electron chi connectivity index (χ3n) is 9.88. The largest absolute Gasteiger partial charge is 0.325 e. The van der Waals surface area contributed by atoms with Gasteiger partial charge in [0.15, 0.2) is 0 Å². The minimum Gasteiger partial charge on any atom is -0.325 e. The maximum Gasteiger partial charge on any atom is 0.237 e. The summed E-state index contributed by atoms with van der Waals surface area (Å²) in [7, 11) is 0. The zero-order chi connectivity index (χ0) is 29.2. The van der Waals surface area contributed by atoms with Crippen LogP contribution < -0.4 is 10.6 Å². The monoisotopic (exact) mass is 571 g/mol. The Morgan fingerprint density at radius 2 is 1.14 bits per heavy atom. The lowest BCUT2D eigenvalue weighted by Crippen LogP contribution is -2.35. The molecule has 0 saturated heterocycles. The summed E-state index contributed by atoms with van der Waals surface area (Å²) in [6.45, 7) is 8.83. The van der Waals surface area contributed by atoms with Crippen LogP contribution in [-0.2, 0) is 46.1 Å². The van der Waals surface area contributed by atoms with Crippen molar-refractivity contribution < 1.29 is 9.59 Å². The Balaban J connectivity index is 0.000000150. The molecule has 2 amide bonds. The summed E-state index contributed by atoms with van der Waals surface area (Å²) in [6, 6.07) is 25.5. The highest BCUT2D eigenvalue weighted by Crippen LogP contribution is 2.48. The van der Waals surface area contributed by atoms with Gasteiger partial charge in [-0.25, -0.2) is 4.98 Å².